The number of rotatable bonds is 5. The van der Waals surface area contributed by atoms with Crippen LogP contribution in [0.5, 0.6) is 0 Å². The maximum Gasteiger partial charge on any atom is 0.0546 e. The van der Waals surface area contributed by atoms with E-state index in [1.807, 2.05) is 0 Å². The number of para-hydroxylation sites is 2. The quantitative estimate of drug-likeness (QED) is 0.170. The van der Waals surface area contributed by atoms with Crippen LogP contribution in [-0.4, -0.2) is 4.57 Å². The Morgan fingerprint density at radius 1 is 0.390 bits per heavy atom. The number of nitrogens with zero attached hydrogens (tertiary/aromatic N) is 2. The maximum absolute atomic E-state index is 2.55. The van der Waals surface area contributed by atoms with Gasteiger partial charge in [0.25, 0.3) is 0 Å². The van der Waals surface area contributed by atoms with Crippen molar-refractivity contribution in [1.29, 1.82) is 0 Å². The fourth-order valence-corrected chi connectivity index (χ4v) is 10.3. The molecule has 1 aliphatic rings. The molecule has 0 unspecified atom stereocenters. The van der Waals surface area contributed by atoms with Crippen LogP contribution in [0.3, 0.4) is 0 Å². The first-order chi connectivity index (χ1) is 29.0. The van der Waals surface area contributed by atoms with E-state index in [-0.39, 0.29) is 5.41 Å². The van der Waals surface area contributed by atoms with Crippen LogP contribution in [0, 0.1) is 0 Å². The lowest BCUT2D eigenvalue weighted by Gasteiger charge is -2.34. The van der Waals surface area contributed by atoms with E-state index in [2.05, 4.69) is 230 Å². The van der Waals surface area contributed by atoms with Crippen LogP contribution in [0.15, 0.2) is 206 Å². The zero-order valence-electron chi connectivity index (χ0n) is 33.0. The largest absolute Gasteiger partial charge is 0.310 e. The Labute approximate surface area is 343 Å². The molecule has 0 spiro atoms. The molecule has 2 heteroatoms. The highest BCUT2D eigenvalue weighted by Crippen LogP contribution is 2.56. The van der Waals surface area contributed by atoms with Crippen LogP contribution in [0.4, 0.5) is 17.1 Å². The molecule has 0 saturated carbocycles. The Morgan fingerprint density at radius 2 is 0.932 bits per heavy atom. The Hall–Kier alpha value is -7.42. The highest BCUT2D eigenvalue weighted by Gasteiger charge is 2.39. The summed E-state index contributed by atoms with van der Waals surface area (Å²) in [4.78, 5) is 2.55. The van der Waals surface area contributed by atoms with Gasteiger partial charge in [0.1, 0.15) is 0 Å². The highest BCUT2D eigenvalue weighted by atomic mass is 15.2. The van der Waals surface area contributed by atoms with Gasteiger partial charge in [0.15, 0.2) is 0 Å². The summed E-state index contributed by atoms with van der Waals surface area (Å²) in [6.45, 7) is 4.82. The van der Waals surface area contributed by atoms with Gasteiger partial charge < -0.3 is 9.47 Å². The summed E-state index contributed by atoms with van der Waals surface area (Å²) in [5.41, 5.74) is 14.5. The van der Waals surface area contributed by atoms with Gasteiger partial charge in [-0.05, 0) is 121 Å². The molecule has 0 atom stereocenters. The summed E-state index contributed by atoms with van der Waals surface area (Å²) in [6, 6.07) is 76.3. The monoisotopic (exact) mass is 752 g/mol. The van der Waals surface area contributed by atoms with Crippen LogP contribution in [0.1, 0.15) is 25.0 Å². The van der Waals surface area contributed by atoms with E-state index in [4.69, 9.17) is 0 Å². The molecule has 11 aromatic rings. The zero-order valence-corrected chi connectivity index (χ0v) is 33.0. The summed E-state index contributed by atoms with van der Waals surface area (Å²) in [7, 11) is 0. The molecule has 0 amide bonds. The lowest BCUT2D eigenvalue weighted by atomic mass is 9.80. The third-order valence-electron chi connectivity index (χ3n) is 12.9. The number of benzene rings is 10. The normalized spacial score (nSPS) is 13.1. The number of hydrogen-bond donors (Lipinski definition) is 0. The van der Waals surface area contributed by atoms with Crippen molar-refractivity contribution in [3.05, 3.63) is 217 Å². The minimum Gasteiger partial charge on any atom is -0.310 e. The van der Waals surface area contributed by atoms with E-state index in [1.54, 1.807) is 0 Å². The van der Waals surface area contributed by atoms with Crippen LogP contribution in [-0.2, 0) is 5.41 Å². The molecule has 1 heterocycles. The molecule has 59 heavy (non-hydrogen) atoms. The topological polar surface area (TPSA) is 8.17 Å². The molecule has 1 aromatic heterocycles. The van der Waals surface area contributed by atoms with Crippen molar-refractivity contribution in [3.63, 3.8) is 0 Å². The molecule has 10 aromatic carbocycles. The lowest BCUT2D eigenvalue weighted by molar-refractivity contribution is 0.661. The van der Waals surface area contributed by atoms with Crippen LogP contribution in [0.2, 0.25) is 0 Å². The predicted octanol–water partition coefficient (Wildman–Crippen LogP) is 15.7. The predicted molar refractivity (Wildman–Crippen MR) is 251 cm³/mol. The average molecular weight is 753 g/mol. The second-order valence-electron chi connectivity index (χ2n) is 16.5. The van der Waals surface area contributed by atoms with Gasteiger partial charge in [-0.2, -0.15) is 0 Å². The van der Waals surface area contributed by atoms with Gasteiger partial charge in [0, 0.05) is 33.1 Å². The van der Waals surface area contributed by atoms with E-state index < -0.39 is 0 Å². The third kappa shape index (κ3) is 5.00. The molecule has 12 rings (SSSR count). The minimum absolute atomic E-state index is 0.261. The van der Waals surface area contributed by atoms with Gasteiger partial charge in [-0.1, -0.05) is 159 Å². The number of hydrogen-bond acceptors (Lipinski definition) is 1. The molecule has 0 fully saturated rings. The van der Waals surface area contributed by atoms with Crippen molar-refractivity contribution in [1.82, 2.24) is 4.57 Å². The van der Waals surface area contributed by atoms with E-state index >= 15 is 0 Å². The van der Waals surface area contributed by atoms with E-state index in [9.17, 15) is 0 Å². The molecular formula is C57H40N2. The van der Waals surface area contributed by atoms with E-state index in [1.165, 1.54) is 93.2 Å². The molecule has 1 aliphatic carbocycles. The molecule has 0 radical (unpaired) electrons. The Kier molecular flexibility index (Phi) is 7.31. The molecule has 0 saturated heterocycles. The number of aromatic nitrogens is 1. The standard InChI is InChI=1S/C57H40N2/c1-57(2)50-36-40-18-4-3-17-39(40)35-49(50)48-25-14-28-54(56(48)57)59(42-32-30-41(31-33-42)58-51-26-11-9-22-45(51)46-23-10-12-27-52(46)58)53-34-29-38-16-6-8-21-44(38)55(53)47-24-13-19-37-15-5-7-20-43(37)47/h3-36H,1-2H3. The first-order valence-electron chi connectivity index (χ1n) is 20.6. The summed E-state index contributed by atoms with van der Waals surface area (Å²) in [5.74, 6) is 0. The van der Waals surface area contributed by atoms with Gasteiger partial charge in [0.05, 0.1) is 22.4 Å². The van der Waals surface area contributed by atoms with Crippen molar-refractivity contribution in [2.24, 2.45) is 0 Å². The van der Waals surface area contributed by atoms with Gasteiger partial charge in [-0.3, -0.25) is 0 Å². The molecule has 0 bridgehead atoms. The SMILES string of the molecule is CC1(C)c2cc3ccccc3cc2-c2cccc(N(c3ccc(-n4c5ccccc5c5ccccc54)cc3)c3ccc4ccccc4c3-c3cccc4ccccc34)c21. The van der Waals surface area contributed by atoms with Gasteiger partial charge in [-0.25, -0.2) is 0 Å². The summed E-state index contributed by atoms with van der Waals surface area (Å²) < 4.78 is 2.40. The maximum atomic E-state index is 2.55. The highest BCUT2D eigenvalue weighted by molar-refractivity contribution is 6.12. The first kappa shape index (κ1) is 33.7. The molecule has 278 valence electrons. The fourth-order valence-electron chi connectivity index (χ4n) is 10.3. The molecule has 0 aliphatic heterocycles. The van der Waals surface area contributed by atoms with Crippen molar-refractivity contribution in [2.75, 3.05) is 4.90 Å². The smallest absolute Gasteiger partial charge is 0.0546 e. The first-order valence-corrected chi connectivity index (χ1v) is 20.6. The number of anilines is 3. The van der Waals surface area contributed by atoms with Crippen molar-refractivity contribution < 1.29 is 0 Å². The van der Waals surface area contributed by atoms with Crippen LogP contribution in [0.25, 0.3) is 82.1 Å². The van der Waals surface area contributed by atoms with Crippen LogP contribution < -0.4 is 4.90 Å². The molecular weight excluding hydrogens is 713 g/mol. The Bertz CT molecular complexity index is 3420. The second kappa shape index (κ2) is 12.8. The fraction of sp³-hybridized carbons (Fsp3) is 0.0526. The van der Waals surface area contributed by atoms with Crippen molar-refractivity contribution >= 4 is 71.2 Å². The van der Waals surface area contributed by atoms with E-state index in [0.717, 1.165) is 17.1 Å². The minimum atomic E-state index is -0.261. The Morgan fingerprint density at radius 3 is 1.64 bits per heavy atom. The zero-order chi connectivity index (χ0) is 39.2. The summed E-state index contributed by atoms with van der Waals surface area (Å²) in [5, 5.41) is 10.00. The van der Waals surface area contributed by atoms with Crippen molar-refractivity contribution in [3.8, 4) is 27.9 Å². The summed E-state index contributed by atoms with van der Waals surface area (Å²) in [6.07, 6.45) is 0. The Balaban J connectivity index is 1.15. The molecule has 0 N–H and O–H groups in total. The number of fused-ring (bicyclic) bond motifs is 9. The van der Waals surface area contributed by atoms with Gasteiger partial charge >= 0.3 is 0 Å². The third-order valence-corrected chi connectivity index (χ3v) is 12.9. The molecule has 2 nitrogen and oxygen atoms in total. The van der Waals surface area contributed by atoms with Crippen molar-refractivity contribution in [2.45, 2.75) is 19.3 Å². The van der Waals surface area contributed by atoms with Gasteiger partial charge in [0.2, 0.25) is 0 Å². The van der Waals surface area contributed by atoms with E-state index in [0.29, 0.717) is 0 Å². The summed E-state index contributed by atoms with van der Waals surface area (Å²) >= 11 is 0. The lowest BCUT2D eigenvalue weighted by Crippen LogP contribution is -2.21. The van der Waals surface area contributed by atoms with Crippen LogP contribution >= 0.6 is 0 Å². The van der Waals surface area contributed by atoms with Gasteiger partial charge in [-0.15, -0.1) is 0 Å². The second-order valence-corrected chi connectivity index (χ2v) is 16.5. The average Bonchev–Trinajstić information content (AvgIpc) is 3.74.